The summed E-state index contributed by atoms with van der Waals surface area (Å²) in [5.41, 5.74) is 2.00. The van der Waals surface area contributed by atoms with Crippen LogP contribution in [0.1, 0.15) is 64.5 Å². The maximum Gasteiger partial charge on any atom is 0.193 e. The van der Waals surface area contributed by atoms with Crippen LogP contribution >= 0.6 is 15.9 Å². The van der Waals surface area contributed by atoms with Crippen molar-refractivity contribution in [2.24, 2.45) is 5.92 Å². The monoisotopic (exact) mass is 419 g/mol. The molecule has 0 heterocycles. The Morgan fingerprint density at radius 2 is 1.72 bits per heavy atom. The van der Waals surface area contributed by atoms with Gasteiger partial charge in [-0.05, 0) is 73.0 Å². The second kappa shape index (κ2) is 5.94. The third-order valence-electron chi connectivity index (χ3n) is 6.55. The first-order valence-electron chi connectivity index (χ1n) is 9.36. The molecule has 136 valence electrons. The van der Waals surface area contributed by atoms with Crippen molar-refractivity contribution in [2.75, 3.05) is 0 Å². The van der Waals surface area contributed by atoms with E-state index in [0.29, 0.717) is 5.92 Å². The Bertz CT molecular complexity index is 718. The third kappa shape index (κ3) is 3.36. The van der Waals surface area contributed by atoms with Crippen LogP contribution in [0.15, 0.2) is 22.7 Å². The van der Waals surface area contributed by atoms with Gasteiger partial charge in [0.2, 0.25) is 0 Å². The van der Waals surface area contributed by atoms with Crippen LogP contribution in [-0.2, 0) is 15.4 Å². The lowest BCUT2D eigenvalue weighted by molar-refractivity contribution is 0.158. The molecule has 0 unspecified atom stereocenters. The summed E-state index contributed by atoms with van der Waals surface area (Å²) in [4.78, 5) is 0. The minimum atomic E-state index is -1.84. The Labute approximate surface area is 162 Å². The highest BCUT2D eigenvalue weighted by molar-refractivity contribution is 9.10. The van der Waals surface area contributed by atoms with E-state index in [9.17, 15) is 5.26 Å². The number of halogens is 1. The normalized spacial score (nSPS) is 28.2. The minimum absolute atomic E-state index is 0.131. The van der Waals surface area contributed by atoms with Gasteiger partial charge in [-0.2, -0.15) is 5.26 Å². The first-order chi connectivity index (χ1) is 11.4. The lowest BCUT2D eigenvalue weighted by Gasteiger charge is -2.42. The number of rotatable bonds is 4. The third-order valence-corrected chi connectivity index (χ3v) is 11.5. The molecule has 1 aromatic carbocycles. The highest BCUT2D eigenvalue weighted by Gasteiger charge is 2.53. The molecule has 0 spiro atoms. The second-order valence-corrected chi connectivity index (χ2v) is 15.4. The van der Waals surface area contributed by atoms with Gasteiger partial charge in [0.15, 0.2) is 8.32 Å². The SMILES string of the molecule is CC1CC(C#N)(c2cc(Br)cc(C3(O[Si](C)(C)C(C)(C)C)CC3)c2)C1. The van der Waals surface area contributed by atoms with Gasteiger partial charge in [-0.1, -0.05) is 49.7 Å². The van der Waals surface area contributed by atoms with E-state index in [1.54, 1.807) is 0 Å². The van der Waals surface area contributed by atoms with Gasteiger partial charge >= 0.3 is 0 Å². The summed E-state index contributed by atoms with van der Waals surface area (Å²) in [5.74, 6) is 0.639. The molecule has 2 aliphatic carbocycles. The van der Waals surface area contributed by atoms with E-state index in [1.165, 1.54) is 11.1 Å². The van der Waals surface area contributed by atoms with Gasteiger partial charge in [-0.15, -0.1) is 0 Å². The number of nitriles is 1. The summed E-state index contributed by atoms with van der Waals surface area (Å²) < 4.78 is 7.92. The Kier molecular flexibility index (Phi) is 4.55. The zero-order valence-electron chi connectivity index (χ0n) is 16.4. The molecule has 0 N–H and O–H groups in total. The van der Waals surface area contributed by atoms with Crippen molar-refractivity contribution in [1.82, 2.24) is 0 Å². The first kappa shape index (κ1) is 19.1. The summed E-state index contributed by atoms with van der Waals surface area (Å²) in [6, 6.07) is 9.22. The van der Waals surface area contributed by atoms with E-state index in [1.807, 2.05) is 0 Å². The van der Waals surface area contributed by atoms with E-state index >= 15 is 0 Å². The van der Waals surface area contributed by atoms with Crippen LogP contribution in [0.2, 0.25) is 18.1 Å². The van der Waals surface area contributed by atoms with Crippen LogP contribution in [0, 0.1) is 17.2 Å². The molecule has 0 amide bonds. The second-order valence-electron chi connectivity index (χ2n) is 9.79. The minimum Gasteiger partial charge on any atom is -0.407 e. The van der Waals surface area contributed by atoms with E-state index in [4.69, 9.17) is 4.43 Å². The van der Waals surface area contributed by atoms with Crippen molar-refractivity contribution in [3.63, 3.8) is 0 Å². The van der Waals surface area contributed by atoms with Gasteiger partial charge in [0.05, 0.1) is 17.1 Å². The summed E-state index contributed by atoms with van der Waals surface area (Å²) in [6.07, 6.45) is 4.11. The van der Waals surface area contributed by atoms with E-state index in [-0.39, 0.29) is 16.1 Å². The largest absolute Gasteiger partial charge is 0.407 e. The smallest absolute Gasteiger partial charge is 0.193 e. The van der Waals surface area contributed by atoms with Gasteiger partial charge in [-0.3, -0.25) is 0 Å². The quantitative estimate of drug-likeness (QED) is 0.511. The van der Waals surface area contributed by atoms with E-state index < -0.39 is 8.32 Å². The lowest BCUT2D eigenvalue weighted by Crippen LogP contribution is -2.44. The van der Waals surface area contributed by atoms with Crippen LogP contribution in [-0.4, -0.2) is 8.32 Å². The molecular weight excluding hydrogens is 390 g/mol. The topological polar surface area (TPSA) is 33.0 Å². The molecule has 0 aliphatic heterocycles. The van der Waals surface area contributed by atoms with Crippen LogP contribution in [0.4, 0.5) is 0 Å². The van der Waals surface area contributed by atoms with Gasteiger partial charge in [0.1, 0.15) is 0 Å². The highest BCUT2D eigenvalue weighted by Crippen LogP contribution is 2.56. The summed E-state index contributed by atoms with van der Waals surface area (Å²) in [5, 5.41) is 10.0. The van der Waals surface area contributed by atoms with Gasteiger partial charge in [-0.25, -0.2) is 0 Å². The van der Waals surface area contributed by atoms with Crippen molar-refractivity contribution in [3.8, 4) is 6.07 Å². The number of nitrogens with zero attached hydrogens (tertiary/aromatic N) is 1. The predicted molar refractivity (Wildman–Crippen MR) is 109 cm³/mol. The average Bonchev–Trinajstić information content (AvgIpc) is 3.22. The number of hydrogen-bond donors (Lipinski definition) is 0. The zero-order valence-corrected chi connectivity index (χ0v) is 19.0. The molecule has 2 aliphatic rings. The fourth-order valence-electron chi connectivity index (χ4n) is 3.86. The molecule has 1 aromatic rings. The van der Waals surface area contributed by atoms with Crippen molar-refractivity contribution < 1.29 is 4.43 Å². The molecule has 2 fully saturated rings. The number of hydrogen-bond acceptors (Lipinski definition) is 2. The van der Waals surface area contributed by atoms with Crippen molar-refractivity contribution in [2.45, 2.75) is 82.5 Å². The van der Waals surface area contributed by atoms with E-state index in [2.05, 4.69) is 81.0 Å². The van der Waals surface area contributed by atoms with Gasteiger partial charge in [0, 0.05) is 4.47 Å². The maximum atomic E-state index is 9.81. The summed E-state index contributed by atoms with van der Waals surface area (Å²) in [7, 11) is -1.84. The molecule has 0 aromatic heterocycles. The Hall–Kier alpha value is -0.633. The Morgan fingerprint density at radius 1 is 1.16 bits per heavy atom. The predicted octanol–water partition coefficient (Wildman–Crippen LogP) is 6.65. The molecular formula is C21H30BrNOSi. The molecule has 4 heteroatoms. The maximum absolute atomic E-state index is 9.81. The Morgan fingerprint density at radius 3 is 2.16 bits per heavy atom. The summed E-state index contributed by atoms with van der Waals surface area (Å²) in [6.45, 7) is 13.8. The van der Waals surface area contributed by atoms with Crippen molar-refractivity contribution >= 4 is 24.2 Å². The van der Waals surface area contributed by atoms with Crippen molar-refractivity contribution in [3.05, 3.63) is 33.8 Å². The molecule has 0 radical (unpaired) electrons. The van der Waals surface area contributed by atoms with Crippen LogP contribution in [0.5, 0.6) is 0 Å². The van der Waals surface area contributed by atoms with Gasteiger partial charge in [0.25, 0.3) is 0 Å². The first-order valence-corrected chi connectivity index (χ1v) is 13.1. The fourth-order valence-corrected chi connectivity index (χ4v) is 5.95. The molecule has 2 saturated carbocycles. The molecule has 25 heavy (non-hydrogen) atoms. The molecule has 2 nitrogen and oxygen atoms in total. The standard InChI is InChI=1S/C21H30BrNOSi/c1-15-12-20(13-15,14-23)16-9-17(11-18(22)10-16)21(7-8-21)24-25(5,6)19(2,3)4/h9-11,15H,7-8,12-13H2,1-6H3. The zero-order chi connectivity index (χ0) is 18.7. The van der Waals surface area contributed by atoms with Crippen molar-refractivity contribution in [1.29, 1.82) is 5.26 Å². The van der Waals surface area contributed by atoms with E-state index in [0.717, 1.165) is 30.2 Å². The highest BCUT2D eigenvalue weighted by atomic mass is 79.9. The molecule has 0 atom stereocenters. The lowest BCUT2D eigenvalue weighted by atomic mass is 9.60. The summed E-state index contributed by atoms with van der Waals surface area (Å²) >= 11 is 3.69. The fraction of sp³-hybridized carbons (Fsp3) is 0.667. The Balaban J connectivity index is 1.95. The van der Waals surface area contributed by atoms with Crippen LogP contribution in [0.3, 0.4) is 0 Å². The van der Waals surface area contributed by atoms with Crippen LogP contribution < -0.4 is 0 Å². The number of benzene rings is 1. The average molecular weight is 420 g/mol. The van der Waals surface area contributed by atoms with Crippen LogP contribution in [0.25, 0.3) is 0 Å². The molecule has 0 saturated heterocycles. The van der Waals surface area contributed by atoms with Gasteiger partial charge < -0.3 is 4.43 Å². The molecule has 0 bridgehead atoms. The molecule has 3 rings (SSSR count).